The maximum atomic E-state index is 5.58. The van der Waals surface area contributed by atoms with Crippen molar-refractivity contribution in [3.63, 3.8) is 0 Å². The summed E-state index contributed by atoms with van der Waals surface area (Å²) in [5.41, 5.74) is 0.522. The number of hydrogen-bond acceptors (Lipinski definition) is 0. The Hall–Kier alpha value is 1.16. The zero-order chi connectivity index (χ0) is 15.5. The summed E-state index contributed by atoms with van der Waals surface area (Å²) in [5, 5.41) is 0. The van der Waals surface area contributed by atoms with Gasteiger partial charge in [-0.25, -0.2) is 0 Å². The lowest BCUT2D eigenvalue weighted by molar-refractivity contribution is 0.320. The Morgan fingerprint density at radius 1 is 0.850 bits per heavy atom. The van der Waals surface area contributed by atoms with Gasteiger partial charge in [0.2, 0.25) is 0 Å². The normalized spacial score (nSPS) is 11.7. The van der Waals surface area contributed by atoms with E-state index in [1.165, 1.54) is 32.1 Å². The van der Waals surface area contributed by atoms with Gasteiger partial charge in [0.25, 0.3) is 0 Å². The first-order chi connectivity index (χ1) is 8.48. The third-order valence-corrected chi connectivity index (χ3v) is 3.15. The summed E-state index contributed by atoms with van der Waals surface area (Å²) in [6.45, 7) is 13.6. The molecule has 0 aliphatic rings. The van der Waals surface area contributed by atoms with Crippen molar-refractivity contribution in [3.05, 3.63) is 0 Å². The molecule has 20 heavy (non-hydrogen) atoms. The van der Waals surface area contributed by atoms with E-state index in [1.54, 1.807) is 0 Å². The lowest BCUT2D eigenvalue weighted by Crippen LogP contribution is -2.08. The molecule has 126 valence electrons. The predicted octanol–water partition coefficient (Wildman–Crippen LogP) is 8.22. The first-order valence-electron chi connectivity index (χ1n) is 7.54. The summed E-state index contributed by atoms with van der Waals surface area (Å²) in [6, 6.07) is 0. The molecule has 0 saturated carbocycles. The van der Waals surface area contributed by atoms with Crippen LogP contribution in [-0.2, 0) is 0 Å². The number of halogens is 4. The highest BCUT2D eigenvalue weighted by molar-refractivity contribution is 6.67. The summed E-state index contributed by atoms with van der Waals surface area (Å²) >= 11 is 16.7. The fourth-order valence-electron chi connectivity index (χ4n) is 2.15. The fourth-order valence-corrected chi connectivity index (χ4v) is 2.55. The second-order valence-corrected chi connectivity index (χ2v) is 9.45. The topological polar surface area (TPSA) is 0 Å². The molecule has 0 aliphatic carbocycles. The van der Waals surface area contributed by atoms with Crippen LogP contribution in [0.2, 0.25) is 0 Å². The molecule has 0 rings (SSSR count). The highest BCUT2D eigenvalue weighted by Gasteiger charge is 2.17. The van der Waals surface area contributed by atoms with E-state index in [0.29, 0.717) is 11.8 Å². The molecule has 0 N–H and O–H groups in total. The Labute approximate surface area is 148 Å². The van der Waals surface area contributed by atoms with Gasteiger partial charge in [0.15, 0.2) is 3.79 Å². The van der Waals surface area contributed by atoms with Crippen LogP contribution in [0.15, 0.2) is 0 Å². The minimum atomic E-state index is -1.04. The molecule has 0 aromatic heterocycles. The number of alkyl halides is 3. The average molecular weight is 368 g/mol. The Bertz CT molecular complexity index is 190. The Balaban J connectivity index is -0.000000288. The van der Waals surface area contributed by atoms with Crippen LogP contribution < -0.4 is 0 Å². The van der Waals surface area contributed by atoms with Gasteiger partial charge in [-0.15, -0.1) is 12.4 Å². The maximum absolute atomic E-state index is 5.58. The maximum Gasteiger partial charge on any atom is 0.190 e. The van der Waals surface area contributed by atoms with Crippen molar-refractivity contribution < 1.29 is 0 Å². The van der Waals surface area contributed by atoms with Crippen molar-refractivity contribution in [1.82, 2.24) is 0 Å². The van der Waals surface area contributed by atoms with E-state index < -0.39 is 3.79 Å². The van der Waals surface area contributed by atoms with Crippen LogP contribution in [0.1, 0.15) is 86.5 Å². The van der Waals surface area contributed by atoms with Crippen LogP contribution in [0.5, 0.6) is 0 Å². The molecule has 0 amide bonds. The van der Waals surface area contributed by atoms with Crippen LogP contribution in [0.3, 0.4) is 0 Å². The monoisotopic (exact) mass is 366 g/mol. The molecular formula is C16H34Cl4. The van der Waals surface area contributed by atoms with Crippen molar-refractivity contribution in [3.8, 4) is 0 Å². The highest BCUT2D eigenvalue weighted by atomic mass is 35.6. The third-order valence-electron chi connectivity index (χ3n) is 2.58. The van der Waals surface area contributed by atoms with Gasteiger partial charge < -0.3 is 0 Å². The van der Waals surface area contributed by atoms with Crippen LogP contribution >= 0.6 is 47.2 Å². The van der Waals surface area contributed by atoms with Gasteiger partial charge in [-0.3, -0.25) is 0 Å². The van der Waals surface area contributed by atoms with Gasteiger partial charge in [-0.05, 0) is 30.6 Å². The van der Waals surface area contributed by atoms with E-state index in [-0.39, 0.29) is 12.4 Å². The Morgan fingerprint density at radius 3 is 1.55 bits per heavy atom. The van der Waals surface area contributed by atoms with Crippen molar-refractivity contribution >= 4 is 47.2 Å². The molecule has 0 atom stereocenters. The van der Waals surface area contributed by atoms with Crippen molar-refractivity contribution in [1.29, 1.82) is 0 Å². The van der Waals surface area contributed by atoms with Gasteiger partial charge in [-0.2, -0.15) is 0 Å². The average Bonchev–Trinajstić information content (AvgIpc) is 2.12. The van der Waals surface area contributed by atoms with Crippen LogP contribution in [-0.4, -0.2) is 3.79 Å². The smallest absolute Gasteiger partial charge is 0.147 e. The molecule has 4 heteroatoms. The standard InChI is InChI=1S/C8H15Cl3.C8H18.ClH/c1-2-3-4-5-6-7-8(9,10)11;1-7(2)6-8(3,4)5;/h2-7H2,1H3;7H,6H2,1-5H3;1H. The van der Waals surface area contributed by atoms with Crippen LogP contribution in [0.25, 0.3) is 0 Å². The van der Waals surface area contributed by atoms with Gasteiger partial charge in [0.1, 0.15) is 0 Å². The summed E-state index contributed by atoms with van der Waals surface area (Å²) in [7, 11) is 0. The highest BCUT2D eigenvalue weighted by Crippen LogP contribution is 2.32. The van der Waals surface area contributed by atoms with Crippen molar-refractivity contribution in [2.24, 2.45) is 11.3 Å². The second kappa shape index (κ2) is 13.8. The predicted molar refractivity (Wildman–Crippen MR) is 99.8 cm³/mol. The van der Waals surface area contributed by atoms with Gasteiger partial charge in [0.05, 0.1) is 0 Å². The Morgan fingerprint density at radius 2 is 1.30 bits per heavy atom. The second-order valence-electron chi connectivity index (χ2n) is 6.94. The van der Waals surface area contributed by atoms with Gasteiger partial charge >= 0.3 is 0 Å². The molecule has 0 aliphatic heterocycles. The largest absolute Gasteiger partial charge is 0.190 e. The first kappa shape index (κ1) is 26.1. The molecule has 0 saturated heterocycles. The quantitative estimate of drug-likeness (QED) is 0.327. The summed E-state index contributed by atoms with van der Waals surface area (Å²) in [5.74, 6) is 0.843. The fraction of sp³-hybridized carbons (Fsp3) is 1.00. The molecular weight excluding hydrogens is 334 g/mol. The molecule has 0 fully saturated rings. The van der Waals surface area contributed by atoms with Crippen molar-refractivity contribution in [2.75, 3.05) is 0 Å². The van der Waals surface area contributed by atoms with E-state index in [0.717, 1.165) is 12.3 Å². The lowest BCUT2D eigenvalue weighted by Gasteiger charge is -2.19. The van der Waals surface area contributed by atoms with Crippen molar-refractivity contribution in [2.45, 2.75) is 90.3 Å². The van der Waals surface area contributed by atoms with Gasteiger partial charge in [0, 0.05) is 0 Å². The summed E-state index contributed by atoms with van der Waals surface area (Å²) < 4.78 is -1.04. The summed E-state index contributed by atoms with van der Waals surface area (Å²) in [4.78, 5) is 0. The van der Waals surface area contributed by atoms with E-state index in [1.807, 2.05) is 0 Å². The van der Waals surface area contributed by atoms with E-state index in [2.05, 4.69) is 41.5 Å². The number of unbranched alkanes of at least 4 members (excludes halogenated alkanes) is 4. The van der Waals surface area contributed by atoms with E-state index >= 15 is 0 Å². The van der Waals surface area contributed by atoms with Crippen LogP contribution in [0.4, 0.5) is 0 Å². The Kier molecular flexibility index (Phi) is 18.0. The molecule has 0 bridgehead atoms. The minimum absolute atomic E-state index is 0. The molecule has 0 spiro atoms. The zero-order valence-corrected chi connectivity index (χ0v) is 17.2. The molecule has 0 heterocycles. The molecule has 0 aromatic carbocycles. The summed E-state index contributed by atoms with van der Waals surface area (Å²) in [6.07, 6.45) is 8.03. The SMILES string of the molecule is CC(C)CC(C)(C)C.CCCCCCCC(Cl)(Cl)Cl.Cl. The first-order valence-corrected chi connectivity index (χ1v) is 8.68. The minimum Gasteiger partial charge on any atom is -0.147 e. The molecule has 0 unspecified atom stereocenters. The van der Waals surface area contributed by atoms with Crippen LogP contribution in [0, 0.1) is 11.3 Å². The molecule has 0 radical (unpaired) electrons. The van der Waals surface area contributed by atoms with E-state index in [4.69, 9.17) is 34.8 Å². The van der Waals surface area contributed by atoms with E-state index in [9.17, 15) is 0 Å². The van der Waals surface area contributed by atoms with Gasteiger partial charge in [-0.1, -0.05) is 102 Å². The molecule has 0 aromatic rings. The zero-order valence-electron chi connectivity index (χ0n) is 14.1. The number of hydrogen-bond donors (Lipinski definition) is 0. The lowest BCUT2D eigenvalue weighted by atomic mass is 9.86. The molecule has 0 nitrogen and oxygen atoms in total. The number of rotatable bonds is 6. The third kappa shape index (κ3) is 31.5.